The number of nitrogens with zero attached hydrogens (tertiary/aromatic N) is 2. The molecule has 0 aliphatic heterocycles. The zero-order valence-corrected chi connectivity index (χ0v) is 12.7. The molecule has 1 heterocycles. The number of phenolic OH excluding ortho intramolecular Hbond substituents is 1. The molecule has 20 heavy (non-hydrogen) atoms. The third-order valence-corrected chi connectivity index (χ3v) is 3.79. The van der Waals surface area contributed by atoms with Gasteiger partial charge in [-0.05, 0) is 55.5 Å². The Morgan fingerprint density at radius 1 is 1.35 bits per heavy atom. The highest BCUT2D eigenvalue weighted by Gasteiger charge is 2.16. The fourth-order valence-electron chi connectivity index (χ4n) is 1.96. The van der Waals surface area contributed by atoms with Crippen molar-refractivity contribution in [3.63, 3.8) is 0 Å². The van der Waals surface area contributed by atoms with Gasteiger partial charge in [0.05, 0.1) is 6.04 Å². The van der Waals surface area contributed by atoms with Crippen LogP contribution >= 0.6 is 11.8 Å². The number of benzene rings is 1. The lowest BCUT2D eigenvalue weighted by molar-refractivity contribution is 0.353. The van der Waals surface area contributed by atoms with Crippen molar-refractivity contribution >= 4 is 11.8 Å². The van der Waals surface area contributed by atoms with Gasteiger partial charge < -0.3 is 15.4 Å². The lowest BCUT2D eigenvalue weighted by atomic mass is 10.1. The second-order valence-electron chi connectivity index (χ2n) is 4.80. The summed E-state index contributed by atoms with van der Waals surface area (Å²) in [5, 5.41) is 13.8. The van der Waals surface area contributed by atoms with Crippen LogP contribution in [-0.4, -0.2) is 27.3 Å². The average molecular weight is 293 g/mol. The lowest BCUT2D eigenvalue weighted by Gasteiger charge is -2.05. The maximum atomic E-state index is 9.78. The first kappa shape index (κ1) is 14.9. The molecule has 0 radical (unpaired) electrons. The van der Waals surface area contributed by atoms with Gasteiger partial charge in [0, 0.05) is 5.56 Å². The van der Waals surface area contributed by atoms with Crippen molar-refractivity contribution in [3.8, 4) is 17.1 Å². The molecular formula is C14H19N3O2S. The average Bonchev–Trinajstić information content (AvgIpc) is 2.91. The third kappa shape index (κ3) is 3.13. The number of rotatable bonds is 5. The molecular weight excluding hydrogens is 274 g/mol. The van der Waals surface area contributed by atoms with Gasteiger partial charge in [0.15, 0.2) is 0 Å². The van der Waals surface area contributed by atoms with E-state index in [2.05, 4.69) is 10.1 Å². The van der Waals surface area contributed by atoms with Gasteiger partial charge in [-0.25, -0.2) is 0 Å². The molecule has 1 unspecified atom stereocenters. The Kier molecular flexibility index (Phi) is 4.67. The lowest BCUT2D eigenvalue weighted by Crippen LogP contribution is -2.11. The molecule has 0 saturated heterocycles. The number of phenols is 1. The van der Waals surface area contributed by atoms with Gasteiger partial charge in [0.25, 0.3) is 0 Å². The van der Waals surface area contributed by atoms with Crippen LogP contribution in [0.5, 0.6) is 5.75 Å². The predicted molar refractivity (Wildman–Crippen MR) is 80.8 cm³/mol. The maximum absolute atomic E-state index is 9.78. The molecule has 0 fully saturated rings. The number of aryl methyl sites for hydroxylation is 2. The summed E-state index contributed by atoms with van der Waals surface area (Å²) in [6, 6.07) is 3.44. The van der Waals surface area contributed by atoms with E-state index in [1.54, 1.807) is 11.8 Å². The summed E-state index contributed by atoms with van der Waals surface area (Å²) < 4.78 is 5.23. The largest absolute Gasteiger partial charge is 0.507 e. The number of aromatic nitrogens is 2. The molecule has 2 rings (SSSR count). The second kappa shape index (κ2) is 6.28. The Balaban J connectivity index is 2.24. The van der Waals surface area contributed by atoms with Crippen LogP contribution < -0.4 is 5.73 Å². The molecule has 6 heteroatoms. The van der Waals surface area contributed by atoms with Gasteiger partial charge in [-0.2, -0.15) is 16.7 Å². The van der Waals surface area contributed by atoms with Crippen LogP contribution in [0.1, 0.15) is 29.5 Å². The molecule has 0 saturated carbocycles. The summed E-state index contributed by atoms with van der Waals surface area (Å²) in [5.74, 6) is 2.22. The van der Waals surface area contributed by atoms with Crippen LogP contribution in [0.2, 0.25) is 0 Å². The molecule has 3 N–H and O–H groups in total. The van der Waals surface area contributed by atoms with E-state index in [1.165, 1.54) is 0 Å². The molecule has 0 aliphatic carbocycles. The summed E-state index contributed by atoms with van der Waals surface area (Å²) in [7, 11) is 0. The Morgan fingerprint density at radius 2 is 2.00 bits per heavy atom. The summed E-state index contributed by atoms with van der Waals surface area (Å²) in [6.07, 6.45) is 2.84. The van der Waals surface area contributed by atoms with E-state index in [1.807, 2.05) is 32.2 Å². The van der Waals surface area contributed by atoms with Crippen molar-refractivity contribution in [1.82, 2.24) is 10.1 Å². The molecule has 2 aromatic rings. The van der Waals surface area contributed by atoms with E-state index in [9.17, 15) is 5.11 Å². The summed E-state index contributed by atoms with van der Waals surface area (Å²) in [5.41, 5.74) is 8.41. The van der Waals surface area contributed by atoms with E-state index < -0.39 is 0 Å². The van der Waals surface area contributed by atoms with E-state index in [0.717, 1.165) is 28.9 Å². The van der Waals surface area contributed by atoms with Crippen molar-refractivity contribution in [2.45, 2.75) is 26.3 Å². The summed E-state index contributed by atoms with van der Waals surface area (Å²) >= 11 is 1.74. The SMILES string of the molecule is CSCCC(N)c1nc(-c2cc(C)c(O)c(C)c2)no1. The minimum Gasteiger partial charge on any atom is -0.507 e. The highest BCUT2D eigenvalue weighted by atomic mass is 32.2. The van der Waals surface area contributed by atoms with Gasteiger partial charge in [-0.1, -0.05) is 5.16 Å². The van der Waals surface area contributed by atoms with Crippen molar-refractivity contribution in [1.29, 1.82) is 0 Å². The molecule has 0 bridgehead atoms. The number of hydrogen-bond acceptors (Lipinski definition) is 6. The van der Waals surface area contributed by atoms with Gasteiger partial charge in [0.1, 0.15) is 5.75 Å². The first-order valence-corrected chi connectivity index (χ1v) is 7.81. The highest BCUT2D eigenvalue weighted by Crippen LogP contribution is 2.28. The molecule has 1 aromatic carbocycles. The Morgan fingerprint density at radius 3 is 2.60 bits per heavy atom. The molecule has 1 atom stereocenters. The monoisotopic (exact) mass is 293 g/mol. The predicted octanol–water partition coefficient (Wildman–Crippen LogP) is 2.81. The Bertz CT molecular complexity index is 575. The quantitative estimate of drug-likeness (QED) is 0.881. The first-order chi connectivity index (χ1) is 9.52. The zero-order chi connectivity index (χ0) is 14.7. The van der Waals surface area contributed by atoms with E-state index in [0.29, 0.717) is 17.5 Å². The summed E-state index contributed by atoms with van der Waals surface area (Å²) in [6.45, 7) is 3.69. The van der Waals surface area contributed by atoms with Crippen molar-refractivity contribution in [2.24, 2.45) is 5.73 Å². The van der Waals surface area contributed by atoms with Gasteiger partial charge in [-0.3, -0.25) is 0 Å². The van der Waals surface area contributed by atoms with Gasteiger partial charge in [-0.15, -0.1) is 0 Å². The van der Waals surface area contributed by atoms with Crippen LogP contribution in [-0.2, 0) is 0 Å². The summed E-state index contributed by atoms with van der Waals surface area (Å²) in [4.78, 5) is 4.35. The van der Waals surface area contributed by atoms with Crippen LogP contribution in [0.25, 0.3) is 11.4 Å². The van der Waals surface area contributed by atoms with Crippen molar-refractivity contribution in [3.05, 3.63) is 29.2 Å². The van der Waals surface area contributed by atoms with Gasteiger partial charge in [0.2, 0.25) is 11.7 Å². The van der Waals surface area contributed by atoms with Crippen LogP contribution in [0.4, 0.5) is 0 Å². The molecule has 5 nitrogen and oxygen atoms in total. The molecule has 0 spiro atoms. The van der Waals surface area contributed by atoms with E-state index in [4.69, 9.17) is 10.3 Å². The minimum absolute atomic E-state index is 0.233. The maximum Gasteiger partial charge on any atom is 0.243 e. The van der Waals surface area contributed by atoms with E-state index >= 15 is 0 Å². The Hall–Kier alpha value is -1.53. The molecule has 1 aromatic heterocycles. The standard InChI is InChI=1S/C14H19N3O2S/c1-8-6-10(7-9(2)12(8)18)13-16-14(19-17-13)11(15)4-5-20-3/h6-7,11,18H,4-5,15H2,1-3H3. The molecule has 0 amide bonds. The van der Waals surface area contributed by atoms with Gasteiger partial charge >= 0.3 is 0 Å². The Labute approximate surface area is 122 Å². The van der Waals surface area contributed by atoms with Crippen molar-refractivity contribution < 1.29 is 9.63 Å². The van der Waals surface area contributed by atoms with Crippen LogP contribution in [0, 0.1) is 13.8 Å². The first-order valence-electron chi connectivity index (χ1n) is 6.41. The number of aromatic hydroxyl groups is 1. The molecule has 0 aliphatic rings. The number of thioether (sulfide) groups is 1. The molecule has 108 valence electrons. The van der Waals surface area contributed by atoms with Crippen LogP contribution in [0.3, 0.4) is 0 Å². The fraction of sp³-hybridized carbons (Fsp3) is 0.429. The second-order valence-corrected chi connectivity index (χ2v) is 5.79. The van der Waals surface area contributed by atoms with E-state index in [-0.39, 0.29) is 6.04 Å². The highest BCUT2D eigenvalue weighted by molar-refractivity contribution is 7.98. The van der Waals surface area contributed by atoms with Crippen LogP contribution in [0.15, 0.2) is 16.7 Å². The third-order valence-electron chi connectivity index (χ3n) is 3.14. The topological polar surface area (TPSA) is 85.2 Å². The minimum atomic E-state index is -0.233. The number of hydrogen-bond donors (Lipinski definition) is 2. The zero-order valence-electron chi connectivity index (χ0n) is 11.9. The number of nitrogens with two attached hydrogens (primary N) is 1. The normalized spacial score (nSPS) is 12.6. The smallest absolute Gasteiger partial charge is 0.243 e. The van der Waals surface area contributed by atoms with Crippen molar-refractivity contribution in [2.75, 3.05) is 12.0 Å². The fourth-order valence-corrected chi connectivity index (χ4v) is 2.45.